The Morgan fingerprint density at radius 2 is 2.26 bits per heavy atom. The number of nitriles is 1. The zero-order valence-electron chi connectivity index (χ0n) is 11.0. The topological polar surface area (TPSA) is 59.3 Å². The molecular weight excluding hydrogens is 242 g/mol. The van der Waals surface area contributed by atoms with Crippen molar-refractivity contribution in [2.24, 2.45) is 0 Å². The van der Waals surface area contributed by atoms with E-state index in [0.29, 0.717) is 0 Å². The number of benzene rings is 1. The molecule has 0 heterocycles. The number of aryl methyl sites for hydroxylation is 1. The number of ether oxygens (including phenoxy) is 2. The van der Waals surface area contributed by atoms with Crippen LogP contribution in [0.5, 0.6) is 5.75 Å². The van der Waals surface area contributed by atoms with Crippen molar-refractivity contribution in [2.75, 3.05) is 13.7 Å². The molecule has 0 atom stereocenters. The highest BCUT2D eigenvalue weighted by Gasteiger charge is 2.10. The highest BCUT2D eigenvalue weighted by Crippen LogP contribution is 2.20. The van der Waals surface area contributed by atoms with Crippen LogP contribution in [-0.4, -0.2) is 19.7 Å². The lowest BCUT2D eigenvalue weighted by molar-refractivity contribution is -0.137. The van der Waals surface area contributed by atoms with Gasteiger partial charge in [-0.1, -0.05) is 18.7 Å². The molecule has 0 aliphatic rings. The van der Waals surface area contributed by atoms with Gasteiger partial charge in [-0.25, -0.2) is 4.79 Å². The number of carbonyl (C=O) groups excluding carboxylic acids is 1. The number of hydrogen-bond donors (Lipinski definition) is 0. The molecule has 0 radical (unpaired) electrons. The summed E-state index contributed by atoms with van der Waals surface area (Å²) in [6, 6.07) is 7.21. The summed E-state index contributed by atoms with van der Waals surface area (Å²) >= 11 is 0. The monoisotopic (exact) mass is 257 g/mol. The average molecular weight is 257 g/mol. The zero-order valence-corrected chi connectivity index (χ0v) is 11.0. The first-order valence-corrected chi connectivity index (χ1v) is 5.66. The summed E-state index contributed by atoms with van der Waals surface area (Å²) in [5.41, 5.74) is 1.62. The second kappa shape index (κ2) is 7.02. The largest absolute Gasteiger partial charge is 0.496 e. The summed E-state index contributed by atoms with van der Waals surface area (Å²) < 4.78 is 9.96. The third kappa shape index (κ3) is 4.00. The van der Waals surface area contributed by atoms with Gasteiger partial charge in [-0.3, -0.25) is 0 Å². The van der Waals surface area contributed by atoms with E-state index in [1.807, 2.05) is 19.1 Å². The van der Waals surface area contributed by atoms with E-state index in [2.05, 4.69) is 6.58 Å². The molecule has 19 heavy (non-hydrogen) atoms. The van der Waals surface area contributed by atoms with E-state index in [4.69, 9.17) is 14.7 Å². The number of esters is 1. The Labute approximate surface area is 112 Å². The minimum Gasteiger partial charge on any atom is -0.496 e. The van der Waals surface area contributed by atoms with Crippen LogP contribution >= 0.6 is 0 Å². The predicted molar refractivity (Wildman–Crippen MR) is 72.5 cm³/mol. The maximum Gasteiger partial charge on any atom is 0.349 e. The van der Waals surface area contributed by atoms with Crippen molar-refractivity contribution >= 4 is 12.0 Å². The fourth-order valence-corrected chi connectivity index (χ4v) is 1.51. The molecule has 0 spiro atoms. The maximum absolute atomic E-state index is 11.6. The van der Waals surface area contributed by atoms with Crippen LogP contribution in [0.25, 0.3) is 6.08 Å². The molecule has 1 aromatic rings. The lowest BCUT2D eigenvalue weighted by Gasteiger charge is -2.05. The minimum atomic E-state index is -0.657. The van der Waals surface area contributed by atoms with Crippen LogP contribution in [0.15, 0.2) is 36.4 Å². The molecule has 0 aromatic heterocycles. The molecule has 1 aromatic carbocycles. The van der Waals surface area contributed by atoms with Gasteiger partial charge in [0, 0.05) is 0 Å². The molecule has 0 N–H and O–H groups in total. The standard InChI is InChI=1S/C15H15NO3/c1-4-7-19-15(17)13(10-16)9-12-5-6-14(18-3)11(2)8-12/h4-6,8-9H,1,7H2,2-3H3. The van der Waals surface area contributed by atoms with Gasteiger partial charge in [0.2, 0.25) is 0 Å². The fraction of sp³-hybridized carbons (Fsp3) is 0.200. The molecule has 0 unspecified atom stereocenters. The van der Waals surface area contributed by atoms with Gasteiger partial charge in [0.15, 0.2) is 0 Å². The van der Waals surface area contributed by atoms with E-state index < -0.39 is 5.97 Å². The van der Waals surface area contributed by atoms with E-state index in [0.717, 1.165) is 16.9 Å². The lowest BCUT2D eigenvalue weighted by atomic mass is 10.1. The first-order valence-electron chi connectivity index (χ1n) is 5.66. The third-order valence-electron chi connectivity index (χ3n) is 2.40. The molecule has 0 saturated carbocycles. The van der Waals surface area contributed by atoms with Crippen LogP contribution in [0.1, 0.15) is 11.1 Å². The first-order chi connectivity index (χ1) is 9.12. The van der Waals surface area contributed by atoms with Gasteiger partial charge in [0.1, 0.15) is 24.0 Å². The van der Waals surface area contributed by atoms with Gasteiger partial charge in [-0.15, -0.1) is 0 Å². The number of carbonyl (C=O) groups is 1. The molecule has 1 rings (SSSR count). The van der Waals surface area contributed by atoms with E-state index in [9.17, 15) is 4.79 Å². The fourth-order valence-electron chi connectivity index (χ4n) is 1.51. The van der Waals surface area contributed by atoms with Gasteiger partial charge < -0.3 is 9.47 Å². The molecule has 0 aliphatic carbocycles. The Kier molecular flexibility index (Phi) is 5.36. The van der Waals surface area contributed by atoms with Gasteiger partial charge in [0.25, 0.3) is 0 Å². The van der Waals surface area contributed by atoms with Crippen LogP contribution in [-0.2, 0) is 9.53 Å². The van der Waals surface area contributed by atoms with E-state index in [-0.39, 0.29) is 12.2 Å². The van der Waals surface area contributed by atoms with Crippen molar-refractivity contribution in [1.82, 2.24) is 0 Å². The molecule has 0 aliphatic heterocycles. The van der Waals surface area contributed by atoms with Crippen molar-refractivity contribution in [2.45, 2.75) is 6.92 Å². The van der Waals surface area contributed by atoms with Crippen molar-refractivity contribution in [3.8, 4) is 11.8 Å². The van der Waals surface area contributed by atoms with Gasteiger partial charge in [-0.2, -0.15) is 5.26 Å². The van der Waals surface area contributed by atoms with Gasteiger partial charge >= 0.3 is 5.97 Å². The van der Waals surface area contributed by atoms with Crippen molar-refractivity contribution in [3.05, 3.63) is 47.6 Å². The highest BCUT2D eigenvalue weighted by molar-refractivity contribution is 5.97. The summed E-state index contributed by atoms with van der Waals surface area (Å²) in [7, 11) is 1.59. The van der Waals surface area contributed by atoms with Gasteiger partial charge in [-0.05, 0) is 36.3 Å². The van der Waals surface area contributed by atoms with Crippen LogP contribution in [0.3, 0.4) is 0 Å². The average Bonchev–Trinajstić information content (AvgIpc) is 2.42. The first kappa shape index (κ1) is 14.5. The molecule has 4 heteroatoms. The predicted octanol–water partition coefficient (Wildman–Crippen LogP) is 2.64. The Balaban J connectivity index is 2.98. The van der Waals surface area contributed by atoms with Crippen molar-refractivity contribution < 1.29 is 14.3 Å². The van der Waals surface area contributed by atoms with E-state index >= 15 is 0 Å². The SMILES string of the molecule is C=CCOC(=O)C(C#N)=Cc1ccc(OC)c(C)c1. The van der Waals surface area contributed by atoms with Crippen LogP contribution in [0, 0.1) is 18.3 Å². The number of methoxy groups -OCH3 is 1. The molecule has 4 nitrogen and oxygen atoms in total. The number of hydrogen-bond acceptors (Lipinski definition) is 4. The summed E-state index contributed by atoms with van der Waals surface area (Å²) in [6.07, 6.45) is 2.93. The Hall–Kier alpha value is -2.54. The van der Waals surface area contributed by atoms with E-state index in [1.165, 1.54) is 12.2 Å². The smallest absolute Gasteiger partial charge is 0.349 e. The lowest BCUT2D eigenvalue weighted by Crippen LogP contribution is -2.06. The number of rotatable bonds is 5. The molecule has 0 bridgehead atoms. The molecule has 0 amide bonds. The molecule has 0 fully saturated rings. The van der Waals surface area contributed by atoms with Crippen LogP contribution in [0.2, 0.25) is 0 Å². The Morgan fingerprint density at radius 1 is 1.53 bits per heavy atom. The summed E-state index contributed by atoms with van der Waals surface area (Å²) in [4.78, 5) is 11.6. The zero-order chi connectivity index (χ0) is 14.3. The Morgan fingerprint density at radius 3 is 2.79 bits per heavy atom. The molecule has 98 valence electrons. The minimum absolute atomic E-state index is 0.0496. The summed E-state index contributed by atoms with van der Waals surface area (Å²) in [5, 5.41) is 8.96. The second-order valence-corrected chi connectivity index (χ2v) is 3.79. The maximum atomic E-state index is 11.6. The second-order valence-electron chi connectivity index (χ2n) is 3.79. The quantitative estimate of drug-likeness (QED) is 0.352. The Bertz CT molecular complexity index is 553. The third-order valence-corrected chi connectivity index (χ3v) is 2.40. The van der Waals surface area contributed by atoms with Crippen molar-refractivity contribution in [3.63, 3.8) is 0 Å². The number of nitrogens with zero attached hydrogens (tertiary/aromatic N) is 1. The summed E-state index contributed by atoms with van der Waals surface area (Å²) in [5.74, 6) is 0.0979. The van der Waals surface area contributed by atoms with Gasteiger partial charge in [0.05, 0.1) is 7.11 Å². The molecular formula is C15H15NO3. The normalized spacial score (nSPS) is 10.5. The molecule has 0 saturated heterocycles. The highest BCUT2D eigenvalue weighted by atomic mass is 16.5. The van der Waals surface area contributed by atoms with Crippen LogP contribution in [0.4, 0.5) is 0 Å². The summed E-state index contributed by atoms with van der Waals surface area (Å²) in [6.45, 7) is 5.41. The van der Waals surface area contributed by atoms with Crippen LogP contribution < -0.4 is 4.74 Å². The van der Waals surface area contributed by atoms with Crippen molar-refractivity contribution in [1.29, 1.82) is 5.26 Å². The van der Waals surface area contributed by atoms with E-state index in [1.54, 1.807) is 19.2 Å².